The van der Waals surface area contributed by atoms with Gasteiger partial charge in [-0.2, -0.15) is 12.6 Å². The zero-order valence-corrected chi connectivity index (χ0v) is 9.93. The van der Waals surface area contributed by atoms with Gasteiger partial charge in [-0.3, -0.25) is 14.1 Å². The van der Waals surface area contributed by atoms with Gasteiger partial charge in [0.15, 0.2) is 0 Å². The Bertz CT molecular complexity index is 64.4. The fourth-order valence-corrected chi connectivity index (χ4v) is 1.47. The van der Waals surface area contributed by atoms with Crippen molar-refractivity contribution < 1.29 is 14.1 Å². The van der Waals surface area contributed by atoms with Crippen molar-refractivity contribution in [2.45, 2.75) is 58.3 Å². The van der Waals surface area contributed by atoms with E-state index >= 15 is 0 Å². The summed E-state index contributed by atoms with van der Waals surface area (Å²) in [7, 11) is 0. The Morgan fingerprint density at radius 1 is 0.643 bits per heavy atom. The van der Waals surface area contributed by atoms with Crippen LogP contribution in [-0.4, -0.2) is 5.75 Å². The molecule has 0 fully saturated rings. The molecule has 0 aliphatic rings. The molecule has 14 heavy (non-hydrogen) atoms. The molecular formula is C10H25F3S. The van der Waals surface area contributed by atoms with Crippen molar-refractivity contribution >= 4 is 12.6 Å². The second-order valence-corrected chi connectivity index (χ2v) is 3.65. The predicted molar refractivity (Wildman–Crippen MR) is 64.0 cm³/mol. The molecule has 0 bridgehead atoms. The van der Waals surface area contributed by atoms with E-state index in [2.05, 4.69) is 19.6 Å². The summed E-state index contributed by atoms with van der Waals surface area (Å²) in [5.41, 5.74) is 0. The molecule has 0 amide bonds. The first-order valence-corrected chi connectivity index (χ1v) is 5.66. The molecule has 0 saturated carbocycles. The molecule has 0 atom stereocenters. The van der Waals surface area contributed by atoms with E-state index in [1.54, 1.807) is 0 Å². The second kappa shape index (κ2) is 23.2. The highest BCUT2D eigenvalue weighted by Crippen LogP contribution is 2.08. The van der Waals surface area contributed by atoms with E-state index in [0.717, 1.165) is 5.75 Å². The summed E-state index contributed by atoms with van der Waals surface area (Å²) < 4.78 is 0. The fourth-order valence-electron chi connectivity index (χ4n) is 1.25. The minimum absolute atomic E-state index is 0. The number of unbranched alkanes of at least 4 members (excludes halogenated alkanes) is 7. The molecule has 0 spiro atoms. The van der Waals surface area contributed by atoms with Gasteiger partial charge >= 0.3 is 0 Å². The number of hydrogen-bond donors (Lipinski definition) is 1. The lowest BCUT2D eigenvalue weighted by molar-refractivity contribution is 0.586. The second-order valence-electron chi connectivity index (χ2n) is 3.20. The van der Waals surface area contributed by atoms with Crippen LogP contribution in [0.4, 0.5) is 14.1 Å². The smallest absolute Gasteiger partial charge is 0.00979 e. The third-order valence-electron chi connectivity index (χ3n) is 2.01. The van der Waals surface area contributed by atoms with Gasteiger partial charge in [-0.25, -0.2) is 0 Å². The van der Waals surface area contributed by atoms with E-state index in [0.29, 0.717) is 0 Å². The first-order valence-electron chi connectivity index (χ1n) is 5.02. The minimum Gasteiger partial charge on any atom is -0.269 e. The Labute approximate surface area is 91.4 Å². The van der Waals surface area contributed by atoms with Crippen molar-refractivity contribution in [3.8, 4) is 0 Å². The number of halogens is 3. The summed E-state index contributed by atoms with van der Waals surface area (Å²) in [5, 5.41) is 0. The van der Waals surface area contributed by atoms with Gasteiger partial charge in [0.1, 0.15) is 0 Å². The Kier molecular flexibility index (Phi) is 39.3. The van der Waals surface area contributed by atoms with Crippen molar-refractivity contribution in [2.24, 2.45) is 0 Å². The van der Waals surface area contributed by atoms with Crippen molar-refractivity contribution in [1.29, 1.82) is 0 Å². The molecule has 0 saturated heterocycles. The van der Waals surface area contributed by atoms with Crippen LogP contribution in [0.15, 0.2) is 0 Å². The van der Waals surface area contributed by atoms with Crippen LogP contribution in [0.1, 0.15) is 58.3 Å². The van der Waals surface area contributed by atoms with Crippen molar-refractivity contribution in [3.63, 3.8) is 0 Å². The highest BCUT2D eigenvalue weighted by Gasteiger charge is 1.89. The van der Waals surface area contributed by atoms with Gasteiger partial charge in [0, 0.05) is 0 Å². The van der Waals surface area contributed by atoms with Gasteiger partial charge in [-0.1, -0.05) is 51.9 Å². The maximum Gasteiger partial charge on any atom is -0.00979 e. The van der Waals surface area contributed by atoms with Gasteiger partial charge in [-0.15, -0.1) is 0 Å². The summed E-state index contributed by atoms with van der Waals surface area (Å²) in [6.45, 7) is 2.26. The Morgan fingerprint density at radius 3 is 1.36 bits per heavy atom. The maximum atomic E-state index is 4.18. The van der Waals surface area contributed by atoms with E-state index in [1.165, 1.54) is 51.4 Å². The average Bonchev–Trinajstić information content (AvgIpc) is 2.03. The average molecular weight is 234 g/mol. The minimum atomic E-state index is 0. The van der Waals surface area contributed by atoms with Gasteiger partial charge < -0.3 is 0 Å². The standard InChI is InChI=1S/C10H22S.3FH/c1-2-3-4-5-6-7-8-9-10-11;;;/h11H,2-10H2,1H3;3*1H. The number of hydrogen-bond acceptors (Lipinski definition) is 1. The zero-order valence-electron chi connectivity index (χ0n) is 9.04. The molecule has 0 N–H and O–H groups in total. The molecule has 0 unspecified atom stereocenters. The van der Waals surface area contributed by atoms with E-state index in [1.807, 2.05) is 0 Å². The molecule has 0 nitrogen and oxygen atoms in total. The molecule has 0 aliphatic heterocycles. The summed E-state index contributed by atoms with van der Waals surface area (Å²) in [6.07, 6.45) is 11.2. The Morgan fingerprint density at radius 2 is 1.00 bits per heavy atom. The summed E-state index contributed by atoms with van der Waals surface area (Å²) in [4.78, 5) is 0. The van der Waals surface area contributed by atoms with Crippen LogP contribution in [-0.2, 0) is 0 Å². The van der Waals surface area contributed by atoms with Gasteiger partial charge in [0.05, 0.1) is 0 Å². The van der Waals surface area contributed by atoms with Crippen LogP contribution in [0, 0.1) is 0 Å². The van der Waals surface area contributed by atoms with Crippen molar-refractivity contribution in [2.75, 3.05) is 5.75 Å². The molecule has 0 heterocycles. The lowest BCUT2D eigenvalue weighted by Gasteiger charge is -1.98. The van der Waals surface area contributed by atoms with Gasteiger partial charge in [0.2, 0.25) is 0 Å². The zero-order chi connectivity index (χ0) is 8.36. The molecule has 0 aromatic rings. The Hall–Kier alpha value is 0.140. The molecular weight excluding hydrogens is 209 g/mol. The highest BCUT2D eigenvalue weighted by molar-refractivity contribution is 7.80. The van der Waals surface area contributed by atoms with Crippen molar-refractivity contribution in [3.05, 3.63) is 0 Å². The molecule has 92 valence electrons. The SMILES string of the molecule is CCCCCCCCCCS.F.F.F. The molecule has 0 rings (SSSR count). The number of thiol groups is 1. The van der Waals surface area contributed by atoms with E-state index < -0.39 is 0 Å². The van der Waals surface area contributed by atoms with Crippen LogP contribution in [0.2, 0.25) is 0 Å². The largest absolute Gasteiger partial charge is 0.269 e. The van der Waals surface area contributed by atoms with E-state index in [-0.39, 0.29) is 14.1 Å². The molecule has 0 aromatic heterocycles. The summed E-state index contributed by atoms with van der Waals surface area (Å²) in [5.74, 6) is 1.06. The van der Waals surface area contributed by atoms with Crippen LogP contribution in [0.5, 0.6) is 0 Å². The highest BCUT2D eigenvalue weighted by atomic mass is 32.1. The molecule has 4 heteroatoms. The quantitative estimate of drug-likeness (QED) is 0.463. The third-order valence-corrected chi connectivity index (χ3v) is 2.33. The summed E-state index contributed by atoms with van der Waals surface area (Å²) in [6, 6.07) is 0. The third kappa shape index (κ3) is 22.7. The van der Waals surface area contributed by atoms with Crippen LogP contribution >= 0.6 is 12.6 Å². The van der Waals surface area contributed by atoms with Crippen LogP contribution in [0.3, 0.4) is 0 Å². The lowest BCUT2D eigenvalue weighted by atomic mass is 10.1. The Balaban J connectivity index is -0.000000167. The predicted octanol–water partition coefficient (Wildman–Crippen LogP) is 4.51. The maximum absolute atomic E-state index is 4.18. The normalized spacial score (nSPS) is 8.14. The fraction of sp³-hybridized carbons (Fsp3) is 1.00. The van der Waals surface area contributed by atoms with Gasteiger partial charge in [0.25, 0.3) is 0 Å². The van der Waals surface area contributed by atoms with Crippen LogP contribution in [0.25, 0.3) is 0 Å². The first-order chi connectivity index (χ1) is 5.41. The van der Waals surface area contributed by atoms with E-state index in [9.17, 15) is 0 Å². The topological polar surface area (TPSA) is 0 Å². The number of rotatable bonds is 8. The van der Waals surface area contributed by atoms with Crippen LogP contribution < -0.4 is 0 Å². The van der Waals surface area contributed by atoms with Crippen molar-refractivity contribution in [1.82, 2.24) is 0 Å². The monoisotopic (exact) mass is 234 g/mol. The molecule has 0 radical (unpaired) electrons. The molecule has 0 aliphatic carbocycles. The van der Waals surface area contributed by atoms with E-state index in [4.69, 9.17) is 0 Å². The lowest BCUT2D eigenvalue weighted by Crippen LogP contribution is -1.80. The van der Waals surface area contributed by atoms with Gasteiger partial charge in [-0.05, 0) is 12.2 Å². The first kappa shape index (κ1) is 23.7. The molecule has 0 aromatic carbocycles. The summed E-state index contributed by atoms with van der Waals surface area (Å²) >= 11 is 4.18.